The van der Waals surface area contributed by atoms with Gasteiger partial charge in [0.15, 0.2) is 0 Å². The van der Waals surface area contributed by atoms with Crippen LogP contribution in [0.5, 0.6) is 0 Å². The van der Waals surface area contributed by atoms with Gasteiger partial charge in [-0.2, -0.15) is 4.31 Å². The lowest BCUT2D eigenvalue weighted by atomic mass is 10.1. The Morgan fingerprint density at radius 1 is 1.15 bits per heavy atom. The number of benzene rings is 1. The predicted molar refractivity (Wildman–Crippen MR) is 101 cm³/mol. The average molecular weight is 393 g/mol. The fourth-order valence-corrected chi connectivity index (χ4v) is 3.90. The molecule has 0 bridgehead atoms. The summed E-state index contributed by atoms with van der Waals surface area (Å²) in [5.41, 5.74) is 2.69. The quantitative estimate of drug-likeness (QED) is 0.753. The molecule has 1 amide bonds. The summed E-state index contributed by atoms with van der Waals surface area (Å²) in [6.07, 6.45) is 1.31. The topological polar surface area (TPSA) is 97.7 Å². The number of nitrogens with one attached hydrogen (secondary N) is 1. The molecule has 0 aliphatic heterocycles. The summed E-state index contributed by atoms with van der Waals surface area (Å²) in [7, 11) is 0.120. The highest BCUT2D eigenvalue weighted by atomic mass is 32.2. The lowest BCUT2D eigenvalue weighted by Crippen LogP contribution is -2.34. The molecule has 9 heteroatoms. The molecular formula is C18H23N3O5S. The van der Waals surface area contributed by atoms with Crippen LogP contribution >= 0.6 is 0 Å². The van der Waals surface area contributed by atoms with Gasteiger partial charge in [0.05, 0.1) is 13.7 Å². The Bertz CT molecular complexity index is 959. The van der Waals surface area contributed by atoms with Crippen LogP contribution in [0.25, 0.3) is 0 Å². The van der Waals surface area contributed by atoms with Crippen molar-refractivity contribution < 1.29 is 22.7 Å². The lowest BCUT2D eigenvalue weighted by Gasteiger charge is -2.16. The monoisotopic (exact) mass is 393 g/mol. The van der Waals surface area contributed by atoms with Crippen molar-refractivity contribution in [2.45, 2.75) is 18.7 Å². The van der Waals surface area contributed by atoms with Crippen LogP contribution in [0.4, 0.5) is 5.69 Å². The van der Waals surface area contributed by atoms with Crippen molar-refractivity contribution in [3.05, 3.63) is 47.3 Å². The molecule has 1 aromatic carbocycles. The molecule has 0 aliphatic carbocycles. The molecule has 0 radical (unpaired) electrons. The van der Waals surface area contributed by atoms with E-state index in [1.807, 2.05) is 19.9 Å². The standard InChI is InChI=1S/C18H23N3O5S/c1-12-6-13(2)8-14(7-12)19-17(22)11-21(4)27(24,25)15-9-16(18(23)26-5)20(3)10-15/h6-10H,11H2,1-5H3,(H,19,22). The average Bonchev–Trinajstić information content (AvgIpc) is 2.95. The molecule has 146 valence electrons. The Labute approximate surface area is 158 Å². The number of likely N-dealkylation sites (N-methyl/N-ethyl adjacent to an activating group) is 1. The molecule has 0 saturated heterocycles. The number of ether oxygens (including phenoxy) is 1. The van der Waals surface area contributed by atoms with Crippen molar-refractivity contribution in [2.24, 2.45) is 7.05 Å². The van der Waals surface area contributed by atoms with Crippen LogP contribution in [0.15, 0.2) is 35.4 Å². The summed E-state index contributed by atoms with van der Waals surface area (Å²) in [5.74, 6) is -1.11. The predicted octanol–water partition coefficient (Wildman–Crippen LogP) is 1.69. The number of esters is 1. The van der Waals surface area contributed by atoms with E-state index in [0.29, 0.717) is 5.69 Å². The van der Waals surface area contributed by atoms with E-state index >= 15 is 0 Å². The maximum Gasteiger partial charge on any atom is 0.354 e. The minimum Gasteiger partial charge on any atom is -0.464 e. The van der Waals surface area contributed by atoms with Gasteiger partial charge >= 0.3 is 5.97 Å². The zero-order chi connectivity index (χ0) is 20.4. The number of carbonyl (C=O) groups excluding carboxylic acids is 2. The largest absolute Gasteiger partial charge is 0.464 e. The first-order valence-electron chi connectivity index (χ1n) is 8.13. The first-order valence-corrected chi connectivity index (χ1v) is 9.57. The van der Waals surface area contributed by atoms with Gasteiger partial charge in [-0.05, 0) is 43.2 Å². The molecule has 2 aromatic rings. The van der Waals surface area contributed by atoms with E-state index < -0.39 is 21.9 Å². The van der Waals surface area contributed by atoms with E-state index in [1.54, 1.807) is 12.1 Å². The maximum absolute atomic E-state index is 12.7. The maximum atomic E-state index is 12.7. The molecule has 0 unspecified atom stereocenters. The van der Waals surface area contributed by atoms with Crippen LogP contribution in [0.2, 0.25) is 0 Å². The molecule has 0 spiro atoms. The summed E-state index contributed by atoms with van der Waals surface area (Å²) in [6, 6.07) is 6.80. The van der Waals surface area contributed by atoms with Gasteiger partial charge < -0.3 is 14.6 Å². The number of hydrogen-bond acceptors (Lipinski definition) is 5. The third-order valence-corrected chi connectivity index (χ3v) is 5.72. The highest BCUT2D eigenvalue weighted by Crippen LogP contribution is 2.19. The Hall–Kier alpha value is -2.65. The van der Waals surface area contributed by atoms with E-state index in [1.165, 1.54) is 38.0 Å². The highest BCUT2D eigenvalue weighted by Gasteiger charge is 2.26. The van der Waals surface area contributed by atoms with Gasteiger partial charge in [0.1, 0.15) is 10.6 Å². The molecule has 27 heavy (non-hydrogen) atoms. The molecule has 2 rings (SSSR count). The normalized spacial score (nSPS) is 11.5. The fraction of sp³-hybridized carbons (Fsp3) is 0.333. The van der Waals surface area contributed by atoms with Gasteiger partial charge in [-0.25, -0.2) is 13.2 Å². The lowest BCUT2D eigenvalue weighted by molar-refractivity contribution is -0.116. The van der Waals surface area contributed by atoms with Gasteiger partial charge in [0, 0.05) is 26.0 Å². The highest BCUT2D eigenvalue weighted by molar-refractivity contribution is 7.89. The zero-order valence-corrected chi connectivity index (χ0v) is 16.8. The SMILES string of the molecule is COC(=O)c1cc(S(=O)(=O)N(C)CC(=O)Nc2cc(C)cc(C)c2)cn1C. The number of methoxy groups -OCH3 is 1. The Morgan fingerprint density at radius 3 is 2.30 bits per heavy atom. The molecule has 0 fully saturated rings. The van der Waals surface area contributed by atoms with E-state index in [0.717, 1.165) is 15.4 Å². The smallest absolute Gasteiger partial charge is 0.354 e. The van der Waals surface area contributed by atoms with Gasteiger partial charge in [-0.1, -0.05) is 6.07 Å². The zero-order valence-electron chi connectivity index (χ0n) is 15.9. The second-order valence-electron chi connectivity index (χ2n) is 6.35. The summed E-state index contributed by atoms with van der Waals surface area (Å²) >= 11 is 0. The van der Waals surface area contributed by atoms with Crippen LogP contribution < -0.4 is 5.32 Å². The van der Waals surface area contributed by atoms with Crippen molar-refractivity contribution >= 4 is 27.6 Å². The first-order chi connectivity index (χ1) is 12.5. The number of aromatic nitrogens is 1. The number of sulfonamides is 1. The van der Waals surface area contributed by atoms with Crippen LogP contribution in [-0.2, 0) is 26.6 Å². The molecule has 1 aromatic heterocycles. The summed E-state index contributed by atoms with van der Waals surface area (Å²) in [5, 5.41) is 2.70. The van der Waals surface area contributed by atoms with E-state index in [-0.39, 0.29) is 17.1 Å². The Morgan fingerprint density at radius 2 is 1.74 bits per heavy atom. The molecule has 0 atom stereocenters. The molecule has 8 nitrogen and oxygen atoms in total. The Kier molecular flexibility index (Phi) is 6.07. The summed E-state index contributed by atoms with van der Waals surface area (Å²) < 4.78 is 32.3. The number of aryl methyl sites for hydroxylation is 3. The number of nitrogens with zero attached hydrogens (tertiary/aromatic N) is 2. The van der Waals surface area contributed by atoms with Crippen molar-refractivity contribution in [3.8, 4) is 0 Å². The third kappa shape index (κ3) is 4.75. The Balaban J connectivity index is 2.15. The number of hydrogen-bond donors (Lipinski definition) is 1. The van der Waals surface area contributed by atoms with Gasteiger partial charge in [-0.15, -0.1) is 0 Å². The first kappa shape index (κ1) is 20.7. The van der Waals surface area contributed by atoms with Crippen molar-refractivity contribution in [1.29, 1.82) is 0 Å². The number of carbonyl (C=O) groups is 2. The molecule has 1 heterocycles. The number of anilines is 1. The summed E-state index contributed by atoms with van der Waals surface area (Å²) in [4.78, 5) is 23.8. The van der Waals surface area contributed by atoms with E-state index in [4.69, 9.17) is 0 Å². The fourth-order valence-electron chi connectivity index (χ4n) is 2.70. The van der Waals surface area contributed by atoms with Crippen LogP contribution in [0, 0.1) is 13.8 Å². The minimum atomic E-state index is -3.94. The van der Waals surface area contributed by atoms with E-state index in [2.05, 4.69) is 10.1 Å². The van der Waals surface area contributed by atoms with Crippen LogP contribution in [0.1, 0.15) is 21.6 Å². The molecule has 1 N–H and O–H groups in total. The van der Waals surface area contributed by atoms with Crippen LogP contribution in [-0.4, -0.2) is 49.9 Å². The van der Waals surface area contributed by atoms with E-state index in [9.17, 15) is 18.0 Å². The molecule has 0 aliphatic rings. The second-order valence-corrected chi connectivity index (χ2v) is 8.39. The van der Waals surface area contributed by atoms with Crippen LogP contribution in [0.3, 0.4) is 0 Å². The molecule has 0 saturated carbocycles. The molecular weight excluding hydrogens is 370 g/mol. The number of amides is 1. The van der Waals surface area contributed by atoms with Gasteiger partial charge in [0.2, 0.25) is 15.9 Å². The third-order valence-electron chi connectivity index (χ3n) is 3.95. The van der Waals surface area contributed by atoms with Crippen molar-refractivity contribution in [3.63, 3.8) is 0 Å². The minimum absolute atomic E-state index is 0.0906. The second kappa shape index (κ2) is 7.93. The summed E-state index contributed by atoms with van der Waals surface area (Å²) in [6.45, 7) is 3.46. The van der Waals surface area contributed by atoms with Crippen molar-refractivity contribution in [2.75, 3.05) is 26.0 Å². The number of rotatable bonds is 6. The van der Waals surface area contributed by atoms with Crippen molar-refractivity contribution in [1.82, 2.24) is 8.87 Å². The van der Waals surface area contributed by atoms with Gasteiger partial charge in [-0.3, -0.25) is 4.79 Å². The van der Waals surface area contributed by atoms with Gasteiger partial charge in [0.25, 0.3) is 0 Å².